The molecule has 62 valence electrons. The van der Waals surface area contributed by atoms with Crippen molar-refractivity contribution in [1.29, 1.82) is 0 Å². The molecule has 0 aromatic rings. The standard InChI is InChI=1S/C6H13Br2OP/c1-2-3-4-5-6-10(7,8)9/h2-6H2,1H3. The van der Waals surface area contributed by atoms with Gasteiger partial charge >= 0.3 is 0 Å². The average molecular weight is 292 g/mol. The minimum absolute atomic E-state index is 0.771. The summed E-state index contributed by atoms with van der Waals surface area (Å²) in [5.74, 6) is 0. The molecule has 0 aliphatic heterocycles. The molecule has 0 radical (unpaired) electrons. The minimum Gasteiger partial charge on any atom is -0.300 e. The third kappa shape index (κ3) is 9.19. The number of hydrogen-bond acceptors (Lipinski definition) is 1. The second kappa shape index (κ2) is 5.79. The molecule has 0 rings (SSSR count). The van der Waals surface area contributed by atoms with E-state index in [0.29, 0.717) is 0 Å². The first-order chi connectivity index (χ1) is 4.56. The van der Waals surface area contributed by atoms with Gasteiger partial charge in [0.15, 0.2) is 0 Å². The Morgan fingerprint density at radius 1 is 1.20 bits per heavy atom. The molecule has 10 heavy (non-hydrogen) atoms. The highest BCUT2D eigenvalue weighted by atomic mass is 79.9. The first-order valence-electron chi connectivity index (χ1n) is 3.54. The third-order valence-corrected chi connectivity index (χ3v) is 4.24. The fourth-order valence-corrected chi connectivity index (χ4v) is 2.82. The minimum atomic E-state index is -2.08. The fourth-order valence-electron chi connectivity index (χ4n) is 0.723. The predicted molar refractivity (Wildman–Crippen MR) is 54.5 cm³/mol. The number of halogens is 2. The zero-order chi connectivity index (χ0) is 8.04. The molecule has 1 nitrogen and oxygen atoms in total. The summed E-state index contributed by atoms with van der Waals surface area (Å²) in [6, 6.07) is 0. The summed E-state index contributed by atoms with van der Waals surface area (Å²) in [4.78, 5) is 0. The van der Waals surface area contributed by atoms with Gasteiger partial charge in [0.25, 0.3) is 0 Å². The molecule has 0 saturated heterocycles. The lowest BCUT2D eigenvalue weighted by Gasteiger charge is -2.00. The van der Waals surface area contributed by atoms with Crippen molar-refractivity contribution in [2.45, 2.75) is 32.6 Å². The number of rotatable bonds is 5. The van der Waals surface area contributed by atoms with Gasteiger partial charge in [-0.3, -0.25) is 4.57 Å². The molecule has 0 spiro atoms. The van der Waals surface area contributed by atoms with Crippen LogP contribution in [0.15, 0.2) is 0 Å². The zero-order valence-electron chi connectivity index (χ0n) is 6.15. The third-order valence-electron chi connectivity index (χ3n) is 1.27. The van der Waals surface area contributed by atoms with Crippen LogP contribution in [0.4, 0.5) is 0 Å². The van der Waals surface area contributed by atoms with Crippen molar-refractivity contribution in [3.63, 3.8) is 0 Å². The highest BCUT2D eigenvalue weighted by Gasteiger charge is 2.09. The summed E-state index contributed by atoms with van der Waals surface area (Å²) >= 11 is 6.21. The van der Waals surface area contributed by atoms with Crippen LogP contribution in [0, 0.1) is 0 Å². The Bertz CT molecular complexity index is 121. The molecule has 0 amide bonds. The highest BCUT2D eigenvalue weighted by Crippen LogP contribution is 2.61. The Labute approximate surface area is 78.8 Å². The Morgan fingerprint density at radius 2 is 1.80 bits per heavy atom. The van der Waals surface area contributed by atoms with E-state index in [1.807, 2.05) is 0 Å². The second-order valence-electron chi connectivity index (χ2n) is 2.35. The molecule has 0 unspecified atom stereocenters. The Kier molecular flexibility index (Phi) is 6.48. The van der Waals surface area contributed by atoms with Gasteiger partial charge in [-0.25, -0.2) is 0 Å². The molecule has 0 aromatic carbocycles. The molecule has 0 bridgehead atoms. The number of hydrogen-bond donors (Lipinski definition) is 0. The highest BCUT2D eigenvalue weighted by molar-refractivity contribution is 9.70. The number of unbranched alkanes of at least 4 members (excludes halogenated alkanes) is 3. The molecule has 0 aromatic heterocycles. The van der Waals surface area contributed by atoms with Crippen molar-refractivity contribution in [3.8, 4) is 0 Å². The summed E-state index contributed by atoms with van der Waals surface area (Å²) in [6.45, 7) is 2.17. The van der Waals surface area contributed by atoms with Crippen molar-refractivity contribution >= 4 is 35.5 Å². The Morgan fingerprint density at radius 3 is 2.20 bits per heavy atom. The lowest BCUT2D eigenvalue weighted by molar-refractivity contribution is 0.591. The van der Waals surface area contributed by atoms with Crippen LogP contribution in [0.25, 0.3) is 0 Å². The molecule has 0 aliphatic carbocycles. The SMILES string of the molecule is CCCCCCP(=O)(Br)Br. The van der Waals surface area contributed by atoms with E-state index >= 15 is 0 Å². The lowest BCUT2D eigenvalue weighted by atomic mass is 10.2. The summed E-state index contributed by atoms with van der Waals surface area (Å²) in [7, 11) is 0. The van der Waals surface area contributed by atoms with Gasteiger partial charge in [0.2, 0.25) is 4.55 Å². The van der Waals surface area contributed by atoms with Crippen molar-refractivity contribution in [2.75, 3.05) is 6.16 Å². The molecule has 0 heterocycles. The molecule has 0 fully saturated rings. The van der Waals surface area contributed by atoms with Gasteiger partial charge in [0, 0.05) is 6.16 Å². The van der Waals surface area contributed by atoms with Crippen molar-refractivity contribution in [2.24, 2.45) is 0 Å². The van der Waals surface area contributed by atoms with Crippen LogP contribution in [-0.4, -0.2) is 6.16 Å². The van der Waals surface area contributed by atoms with Crippen LogP contribution in [-0.2, 0) is 4.57 Å². The van der Waals surface area contributed by atoms with Crippen molar-refractivity contribution in [3.05, 3.63) is 0 Å². The van der Waals surface area contributed by atoms with Crippen molar-refractivity contribution in [1.82, 2.24) is 0 Å². The smallest absolute Gasteiger partial charge is 0.208 e. The van der Waals surface area contributed by atoms with Crippen molar-refractivity contribution < 1.29 is 4.57 Å². The van der Waals surface area contributed by atoms with Crippen LogP contribution < -0.4 is 0 Å². The maximum atomic E-state index is 11.0. The average Bonchev–Trinajstić information content (AvgIpc) is 1.78. The van der Waals surface area contributed by atoms with E-state index in [0.717, 1.165) is 12.6 Å². The second-order valence-corrected chi connectivity index (χ2v) is 13.7. The van der Waals surface area contributed by atoms with Gasteiger partial charge in [-0.15, -0.1) is 0 Å². The monoisotopic (exact) mass is 290 g/mol. The molecular weight excluding hydrogens is 279 g/mol. The first-order valence-corrected chi connectivity index (χ1v) is 9.47. The van der Waals surface area contributed by atoms with E-state index < -0.39 is 4.55 Å². The summed E-state index contributed by atoms with van der Waals surface area (Å²) in [5.41, 5.74) is 0. The van der Waals surface area contributed by atoms with Gasteiger partial charge in [0.05, 0.1) is 0 Å². The van der Waals surface area contributed by atoms with Gasteiger partial charge in [-0.1, -0.05) is 26.2 Å². The largest absolute Gasteiger partial charge is 0.300 e. The summed E-state index contributed by atoms with van der Waals surface area (Å²) < 4.78 is 8.93. The zero-order valence-corrected chi connectivity index (χ0v) is 10.2. The summed E-state index contributed by atoms with van der Waals surface area (Å²) in [5, 5.41) is 0. The molecule has 0 atom stereocenters. The Hall–Kier alpha value is 1.19. The maximum Gasteiger partial charge on any atom is 0.208 e. The van der Waals surface area contributed by atoms with Gasteiger partial charge in [-0.05, 0) is 37.4 Å². The molecule has 0 aliphatic rings. The molecule has 4 heteroatoms. The lowest BCUT2D eigenvalue weighted by Crippen LogP contribution is -1.79. The molecular formula is C6H13Br2OP. The first kappa shape index (κ1) is 11.2. The van der Waals surface area contributed by atoms with Crippen LogP contribution in [0.1, 0.15) is 32.6 Å². The van der Waals surface area contributed by atoms with E-state index in [4.69, 9.17) is 0 Å². The van der Waals surface area contributed by atoms with Gasteiger partial charge < -0.3 is 0 Å². The van der Waals surface area contributed by atoms with Gasteiger partial charge in [-0.2, -0.15) is 0 Å². The van der Waals surface area contributed by atoms with Crippen LogP contribution in [0.5, 0.6) is 0 Å². The fraction of sp³-hybridized carbons (Fsp3) is 1.00. The molecule has 0 saturated carbocycles. The van der Waals surface area contributed by atoms with Gasteiger partial charge in [0.1, 0.15) is 0 Å². The molecule has 0 N–H and O–H groups in total. The van der Waals surface area contributed by atoms with Crippen LogP contribution >= 0.6 is 35.5 Å². The maximum absolute atomic E-state index is 11.0. The summed E-state index contributed by atoms with van der Waals surface area (Å²) in [6.07, 6.45) is 5.50. The quantitative estimate of drug-likeness (QED) is 0.536. The van der Waals surface area contributed by atoms with Crippen LogP contribution in [0.2, 0.25) is 0 Å². The normalized spacial score (nSPS) is 11.9. The van der Waals surface area contributed by atoms with E-state index in [-0.39, 0.29) is 0 Å². The van der Waals surface area contributed by atoms with Crippen LogP contribution in [0.3, 0.4) is 0 Å². The van der Waals surface area contributed by atoms with E-state index in [2.05, 4.69) is 37.9 Å². The van der Waals surface area contributed by atoms with E-state index in [1.165, 1.54) is 19.3 Å². The van der Waals surface area contributed by atoms with E-state index in [9.17, 15) is 4.57 Å². The van der Waals surface area contributed by atoms with E-state index in [1.54, 1.807) is 0 Å². The Balaban J connectivity index is 3.13. The topological polar surface area (TPSA) is 17.1 Å². The predicted octanol–water partition coefficient (Wildman–Crippen LogP) is 4.55.